The van der Waals surface area contributed by atoms with Gasteiger partial charge in [-0.25, -0.2) is 0 Å². The highest BCUT2D eigenvalue weighted by atomic mass is 16.3. The van der Waals surface area contributed by atoms with Crippen molar-refractivity contribution >= 4 is 16.8 Å². The highest BCUT2D eigenvalue weighted by Gasteiger charge is 2.28. The minimum absolute atomic E-state index is 0.0173. The van der Waals surface area contributed by atoms with Crippen molar-refractivity contribution in [2.75, 3.05) is 6.54 Å². The maximum absolute atomic E-state index is 13.0. The molecule has 1 aliphatic carbocycles. The van der Waals surface area contributed by atoms with Crippen LogP contribution in [0.5, 0.6) is 0 Å². The Morgan fingerprint density at radius 3 is 2.64 bits per heavy atom. The van der Waals surface area contributed by atoms with Crippen LogP contribution >= 0.6 is 0 Å². The predicted molar refractivity (Wildman–Crippen MR) is 88.0 cm³/mol. The van der Waals surface area contributed by atoms with E-state index in [-0.39, 0.29) is 17.9 Å². The van der Waals surface area contributed by atoms with Gasteiger partial charge in [-0.05, 0) is 57.2 Å². The number of carbonyl (C=O) groups excluding carboxylic acids is 1. The number of fused-ring (bicyclic) bond motifs is 1. The molecule has 0 unspecified atom stereocenters. The Kier molecular flexibility index (Phi) is 4.32. The molecule has 0 amide bonds. The average Bonchev–Trinajstić information content (AvgIpc) is 2.80. The minimum Gasteiger partial charge on any atom is -0.393 e. The molecule has 3 N–H and O–H groups in total. The number of hydrogen-bond donors (Lipinski definition) is 2. The van der Waals surface area contributed by atoms with Crippen molar-refractivity contribution in [1.82, 2.24) is 4.57 Å². The first kappa shape index (κ1) is 15.3. The van der Waals surface area contributed by atoms with Gasteiger partial charge in [0.15, 0.2) is 0 Å². The van der Waals surface area contributed by atoms with Gasteiger partial charge in [0, 0.05) is 17.0 Å². The molecule has 1 aromatic heterocycles. The average molecular weight is 300 g/mol. The molecule has 4 heteroatoms. The number of carbonyl (C=O) groups is 1. The van der Waals surface area contributed by atoms with Crippen LogP contribution in [0.1, 0.15) is 41.7 Å². The molecular weight excluding hydrogens is 276 g/mol. The third-order valence-electron chi connectivity index (χ3n) is 4.90. The summed E-state index contributed by atoms with van der Waals surface area (Å²) < 4.78 is 1.88. The second kappa shape index (κ2) is 6.23. The number of nitrogens with two attached hydrogens (primary N) is 1. The maximum atomic E-state index is 13.0. The van der Waals surface area contributed by atoms with Crippen molar-refractivity contribution in [3.63, 3.8) is 0 Å². The Bertz CT molecular complexity index is 682. The molecule has 4 nitrogen and oxygen atoms in total. The molecule has 0 bridgehead atoms. The van der Waals surface area contributed by atoms with Crippen LogP contribution in [0, 0.1) is 12.8 Å². The van der Waals surface area contributed by atoms with E-state index < -0.39 is 0 Å². The largest absolute Gasteiger partial charge is 0.393 e. The second-order valence-corrected chi connectivity index (χ2v) is 6.30. The fourth-order valence-corrected chi connectivity index (χ4v) is 3.68. The molecule has 0 saturated heterocycles. The number of rotatable bonds is 3. The smallest absolute Gasteiger partial charge is 0.234 e. The molecule has 0 radical (unpaired) electrons. The Morgan fingerprint density at radius 2 is 1.95 bits per heavy atom. The zero-order chi connectivity index (χ0) is 15.7. The molecule has 1 heterocycles. The first-order valence-electron chi connectivity index (χ1n) is 8.14. The summed E-state index contributed by atoms with van der Waals surface area (Å²) in [7, 11) is 0. The van der Waals surface area contributed by atoms with Crippen molar-refractivity contribution in [3.05, 3.63) is 35.5 Å². The van der Waals surface area contributed by atoms with Crippen molar-refractivity contribution in [3.8, 4) is 0 Å². The van der Waals surface area contributed by atoms with Crippen LogP contribution in [-0.4, -0.2) is 28.2 Å². The van der Waals surface area contributed by atoms with E-state index in [0.29, 0.717) is 6.54 Å². The number of nitrogens with zero attached hydrogens (tertiary/aromatic N) is 1. The van der Waals surface area contributed by atoms with E-state index in [2.05, 4.69) is 6.07 Å². The van der Waals surface area contributed by atoms with Gasteiger partial charge in [0.05, 0.1) is 11.6 Å². The molecule has 0 aliphatic heterocycles. The highest BCUT2D eigenvalue weighted by molar-refractivity contribution is 5.97. The monoisotopic (exact) mass is 300 g/mol. The number of aromatic nitrogens is 1. The van der Waals surface area contributed by atoms with Gasteiger partial charge in [-0.2, -0.15) is 0 Å². The maximum Gasteiger partial charge on any atom is 0.234 e. The topological polar surface area (TPSA) is 68.2 Å². The lowest BCUT2D eigenvalue weighted by atomic mass is 9.87. The van der Waals surface area contributed by atoms with Crippen LogP contribution in [0.3, 0.4) is 0 Å². The molecule has 3 rings (SSSR count). The lowest BCUT2D eigenvalue weighted by Gasteiger charge is -2.25. The fourth-order valence-electron chi connectivity index (χ4n) is 3.68. The summed E-state index contributed by atoms with van der Waals surface area (Å²) in [5.41, 5.74) is 8.93. The van der Waals surface area contributed by atoms with Gasteiger partial charge in [-0.1, -0.05) is 18.2 Å². The van der Waals surface area contributed by atoms with Crippen molar-refractivity contribution in [2.24, 2.45) is 11.7 Å². The van der Waals surface area contributed by atoms with Gasteiger partial charge in [-0.15, -0.1) is 0 Å². The lowest BCUT2D eigenvalue weighted by Crippen LogP contribution is -2.28. The molecule has 2 aromatic rings. The molecule has 1 fully saturated rings. The zero-order valence-corrected chi connectivity index (χ0v) is 13.1. The number of benzene rings is 1. The van der Waals surface area contributed by atoms with Crippen LogP contribution < -0.4 is 5.73 Å². The molecule has 1 aromatic carbocycles. The van der Waals surface area contributed by atoms with Crippen LogP contribution in [0.2, 0.25) is 0 Å². The highest BCUT2D eigenvalue weighted by Crippen LogP contribution is 2.31. The van der Waals surface area contributed by atoms with Crippen LogP contribution in [-0.2, 0) is 6.42 Å². The molecule has 118 valence electrons. The van der Waals surface area contributed by atoms with Gasteiger partial charge < -0.3 is 10.8 Å². The Morgan fingerprint density at radius 1 is 1.27 bits per heavy atom. The molecular formula is C18H24N2O2. The van der Waals surface area contributed by atoms with Gasteiger partial charge in [0.2, 0.25) is 5.91 Å². The normalized spacial score (nSPS) is 22.1. The van der Waals surface area contributed by atoms with E-state index in [1.54, 1.807) is 0 Å². The third kappa shape index (κ3) is 2.57. The van der Waals surface area contributed by atoms with Gasteiger partial charge in [-0.3, -0.25) is 9.36 Å². The lowest BCUT2D eigenvalue weighted by molar-refractivity contribution is 0.0690. The Hall–Kier alpha value is -1.65. The first-order chi connectivity index (χ1) is 10.6. The van der Waals surface area contributed by atoms with Gasteiger partial charge in [0.1, 0.15) is 0 Å². The SMILES string of the molecule is Cc1c(CCN)c2ccccc2n1C(=O)C1CCC(O)CC1. The summed E-state index contributed by atoms with van der Waals surface area (Å²) >= 11 is 0. The van der Waals surface area contributed by atoms with Crippen LogP contribution in [0.15, 0.2) is 24.3 Å². The van der Waals surface area contributed by atoms with E-state index >= 15 is 0 Å². The molecule has 0 atom stereocenters. The zero-order valence-electron chi connectivity index (χ0n) is 13.1. The molecule has 1 aliphatic rings. The number of hydrogen-bond acceptors (Lipinski definition) is 3. The molecule has 1 saturated carbocycles. The molecule has 0 spiro atoms. The summed E-state index contributed by atoms with van der Waals surface area (Å²) in [5.74, 6) is 0.188. The number of aliphatic hydroxyl groups excluding tert-OH is 1. The summed E-state index contributed by atoms with van der Waals surface area (Å²) in [6, 6.07) is 8.07. The van der Waals surface area contributed by atoms with Crippen LogP contribution in [0.4, 0.5) is 0 Å². The second-order valence-electron chi connectivity index (χ2n) is 6.30. The fraction of sp³-hybridized carbons (Fsp3) is 0.500. The predicted octanol–water partition coefficient (Wildman–Crippen LogP) is 2.64. The van der Waals surface area contributed by atoms with Gasteiger partial charge >= 0.3 is 0 Å². The first-order valence-corrected chi connectivity index (χ1v) is 8.14. The van der Waals surface area contributed by atoms with E-state index in [9.17, 15) is 9.90 Å². The van der Waals surface area contributed by atoms with Gasteiger partial charge in [0.25, 0.3) is 0 Å². The summed E-state index contributed by atoms with van der Waals surface area (Å²) in [5, 5.41) is 10.8. The van der Waals surface area contributed by atoms with E-state index in [4.69, 9.17) is 5.73 Å². The van der Waals surface area contributed by atoms with Crippen molar-refractivity contribution < 1.29 is 9.90 Å². The summed E-state index contributed by atoms with van der Waals surface area (Å²) in [6.07, 6.45) is 3.56. The van der Waals surface area contributed by atoms with E-state index in [0.717, 1.165) is 48.7 Å². The minimum atomic E-state index is -0.237. The molecule has 22 heavy (non-hydrogen) atoms. The van der Waals surface area contributed by atoms with Crippen molar-refractivity contribution in [2.45, 2.75) is 45.1 Å². The third-order valence-corrected chi connectivity index (χ3v) is 4.90. The Labute approximate surface area is 130 Å². The standard InChI is InChI=1S/C18H24N2O2/c1-12-15(10-11-19)16-4-2-3-5-17(16)20(12)18(22)13-6-8-14(21)9-7-13/h2-5,13-14,21H,6-11,19H2,1H3. The summed E-state index contributed by atoms with van der Waals surface area (Å²) in [6.45, 7) is 2.60. The Balaban J connectivity index is 2.03. The van der Waals surface area contributed by atoms with E-state index in [1.807, 2.05) is 29.7 Å². The van der Waals surface area contributed by atoms with Crippen molar-refractivity contribution in [1.29, 1.82) is 0 Å². The summed E-state index contributed by atoms with van der Waals surface area (Å²) in [4.78, 5) is 13.0. The quantitative estimate of drug-likeness (QED) is 0.915. The van der Waals surface area contributed by atoms with Crippen LogP contribution in [0.25, 0.3) is 10.9 Å². The number of para-hydroxylation sites is 1. The number of aliphatic hydroxyl groups is 1. The van der Waals surface area contributed by atoms with E-state index in [1.165, 1.54) is 5.56 Å².